The summed E-state index contributed by atoms with van der Waals surface area (Å²) in [5.41, 5.74) is 2.52. The van der Waals surface area contributed by atoms with Crippen molar-refractivity contribution in [2.24, 2.45) is 0 Å². The van der Waals surface area contributed by atoms with Crippen molar-refractivity contribution in [2.75, 3.05) is 26.4 Å². The Bertz CT molecular complexity index is 1210. The van der Waals surface area contributed by atoms with E-state index in [-0.39, 0.29) is 30.9 Å². The van der Waals surface area contributed by atoms with E-state index in [1.165, 1.54) is 0 Å². The fourth-order valence-corrected chi connectivity index (χ4v) is 4.13. The topological polar surface area (TPSA) is 111 Å². The lowest BCUT2D eigenvalue weighted by Crippen LogP contribution is -2.34. The van der Waals surface area contributed by atoms with Gasteiger partial charge in [-0.3, -0.25) is 4.57 Å². The molecular formula is C23H24N4O6. The van der Waals surface area contributed by atoms with Gasteiger partial charge in [-0.2, -0.15) is 9.97 Å². The monoisotopic (exact) mass is 452 g/mol. The summed E-state index contributed by atoms with van der Waals surface area (Å²) in [4.78, 5) is 21.1. The first kappa shape index (κ1) is 20.4. The smallest absolute Gasteiger partial charge is 0.351 e. The molecule has 0 radical (unpaired) electrons. The van der Waals surface area contributed by atoms with E-state index in [4.69, 9.17) is 23.5 Å². The number of fused-ring (bicyclic) bond motifs is 3. The SMILES string of the molecule is O=c1nc(OCC2COCCO2)cc2n1CCc1cc(OCc3noc(C4CC4)n3)ccc1-2. The van der Waals surface area contributed by atoms with Gasteiger partial charge in [0.2, 0.25) is 17.6 Å². The fourth-order valence-electron chi connectivity index (χ4n) is 4.13. The van der Waals surface area contributed by atoms with Crippen LogP contribution in [0.1, 0.15) is 36.0 Å². The van der Waals surface area contributed by atoms with Gasteiger partial charge in [-0.05, 0) is 43.0 Å². The van der Waals surface area contributed by atoms with Gasteiger partial charge in [-0.25, -0.2) is 4.79 Å². The number of nitrogens with zero attached hydrogens (tertiary/aromatic N) is 4. The van der Waals surface area contributed by atoms with Crippen molar-refractivity contribution in [3.63, 3.8) is 0 Å². The molecule has 3 aliphatic rings. The molecule has 0 bridgehead atoms. The average Bonchev–Trinajstić information content (AvgIpc) is 3.59. The van der Waals surface area contributed by atoms with Gasteiger partial charge in [-0.1, -0.05) is 5.16 Å². The lowest BCUT2D eigenvalue weighted by Gasteiger charge is -2.24. The highest BCUT2D eigenvalue weighted by Crippen LogP contribution is 2.39. The van der Waals surface area contributed by atoms with Gasteiger partial charge in [0.05, 0.1) is 25.5 Å². The van der Waals surface area contributed by atoms with Crippen LogP contribution in [0.2, 0.25) is 0 Å². The average molecular weight is 452 g/mol. The van der Waals surface area contributed by atoms with Crippen LogP contribution < -0.4 is 15.2 Å². The molecule has 1 unspecified atom stereocenters. The Morgan fingerprint density at radius 3 is 2.91 bits per heavy atom. The molecule has 1 aliphatic carbocycles. The van der Waals surface area contributed by atoms with Crippen molar-refractivity contribution in [1.29, 1.82) is 0 Å². The lowest BCUT2D eigenvalue weighted by atomic mass is 9.97. The molecule has 6 rings (SSSR count). The molecule has 1 aromatic carbocycles. The highest BCUT2D eigenvalue weighted by Gasteiger charge is 2.29. The third-order valence-electron chi connectivity index (χ3n) is 6.03. The molecule has 0 amide bonds. The van der Waals surface area contributed by atoms with Crippen molar-refractivity contribution in [2.45, 2.75) is 44.4 Å². The van der Waals surface area contributed by atoms with Gasteiger partial charge in [0.25, 0.3) is 0 Å². The molecule has 10 heteroatoms. The highest BCUT2D eigenvalue weighted by molar-refractivity contribution is 5.67. The van der Waals surface area contributed by atoms with Crippen LogP contribution in [0.3, 0.4) is 0 Å². The summed E-state index contributed by atoms with van der Waals surface area (Å²) in [6.45, 7) is 2.69. The molecule has 0 spiro atoms. The first-order chi connectivity index (χ1) is 16.2. The van der Waals surface area contributed by atoms with E-state index in [1.54, 1.807) is 4.57 Å². The summed E-state index contributed by atoms with van der Waals surface area (Å²) < 4.78 is 29.6. The molecule has 33 heavy (non-hydrogen) atoms. The van der Waals surface area contributed by atoms with Gasteiger partial charge in [-0.15, -0.1) is 0 Å². The van der Waals surface area contributed by atoms with E-state index in [9.17, 15) is 4.79 Å². The normalized spacial score (nSPS) is 19.6. The molecule has 1 saturated carbocycles. The number of aryl methyl sites for hydroxylation is 1. The zero-order chi connectivity index (χ0) is 22.2. The second-order valence-electron chi connectivity index (χ2n) is 8.47. The van der Waals surface area contributed by atoms with Crippen LogP contribution in [0, 0.1) is 0 Å². The number of benzene rings is 1. The minimum Gasteiger partial charge on any atom is -0.485 e. The summed E-state index contributed by atoms with van der Waals surface area (Å²) in [5.74, 6) is 2.69. The Hall–Kier alpha value is -3.24. The number of ether oxygens (including phenoxy) is 4. The Morgan fingerprint density at radius 1 is 1.12 bits per heavy atom. The zero-order valence-electron chi connectivity index (χ0n) is 18.1. The third-order valence-corrected chi connectivity index (χ3v) is 6.03. The van der Waals surface area contributed by atoms with Crippen LogP contribution in [-0.4, -0.2) is 52.2 Å². The van der Waals surface area contributed by atoms with Crippen LogP contribution in [0.5, 0.6) is 11.6 Å². The first-order valence-electron chi connectivity index (χ1n) is 11.3. The van der Waals surface area contributed by atoms with Gasteiger partial charge in [0.15, 0.2) is 6.61 Å². The summed E-state index contributed by atoms with van der Waals surface area (Å²) >= 11 is 0. The van der Waals surface area contributed by atoms with E-state index >= 15 is 0 Å². The van der Waals surface area contributed by atoms with Gasteiger partial charge < -0.3 is 23.5 Å². The Kier molecular flexibility index (Phi) is 5.31. The van der Waals surface area contributed by atoms with E-state index in [2.05, 4.69) is 15.1 Å². The highest BCUT2D eigenvalue weighted by atomic mass is 16.6. The molecule has 2 fully saturated rings. The van der Waals surface area contributed by atoms with Crippen LogP contribution >= 0.6 is 0 Å². The maximum absolute atomic E-state index is 12.6. The van der Waals surface area contributed by atoms with Crippen molar-refractivity contribution in [1.82, 2.24) is 19.7 Å². The zero-order valence-corrected chi connectivity index (χ0v) is 18.1. The molecule has 1 saturated heterocycles. The number of hydrogen-bond donors (Lipinski definition) is 0. The van der Waals surface area contributed by atoms with Crippen LogP contribution in [0.25, 0.3) is 11.3 Å². The molecule has 2 aromatic heterocycles. The third kappa shape index (κ3) is 4.36. The van der Waals surface area contributed by atoms with Crippen LogP contribution in [0.4, 0.5) is 0 Å². The van der Waals surface area contributed by atoms with Crippen molar-refractivity contribution in [3.05, 3.63) is 52.0 Å². The molecule has 0 N–H and O–H groups in total. The number of rotatable bonds is 7. The van der Waals surface area contributed by atoms with E-state index in [0.29, 0.717) is 50.4 Å². The van der Waals surface area contributed by atoms with E-state index in [1.807, 2.05) is 24.3 Å². The quantitative estimate of drug-likeness (QED) is 0.532. The molecule has 10 nitrogen and oxygen atoms in total. The van der Waals surface area contributed by atoms with E-state index < -0.39 is 0 Å². The van der Waals surface area contributed by atoms with Gasteiger partial charge in [0.1, 0.15) is 18.5 Å². The summed E-state index contributed by atoms with van der Waals surface area (Å²) in [7, 11) is 0. The minimum absolute atomic E-state index is 0.161. The van der Waals surface area contributed by atoms with Crippen molar-refractivity contribution in [3.8, 4) is 22.9 Å². The first-order valence-corrected chi connectivity index (χ1v) is 11.3. The molecule has 1 atom stereocenters. The van der Waals surface area contributed by atoms with Gasteiger partial charge in [0, 0.05) is 24.1 Å². The Balaban J connectivity index is 1.17. The van der Waals surface area contributed by atoms with Gasteiger partial charge >= 0.3 is 5.69 Å². The molecule has 4 heterocycles. The maximum Gasteiger partial charge on any atom is 0.351 e. The second kappa shape index (κ2) is 8.60. The summed E-state index contributed by atoms with van der Waals surface area (Å²) in [6, 6.07) is 7.65. The van der Waals surface area contributed by atoms with Crippen molar-refractivity contribution < 1.29 is 23.5 Å². The summed E-state index contributed by atoms with van der Waals surface area (Å²) in [5, 5.41) is 3.99. The van der Waals surface area contributed by atoms with E-state index in [0.717, 1.165) is 35.4 Å². The predicted octanol–water partition coefficient (Wildman–Crippen LogP) is 2.10. The summed E-state index contributed by atoms with van der Waals surface area (Å²) in [6.07, 6.45) is 2.78. The molecular weight excluding hydrogens is 428 g/mol. The second-order valence-corrected chi connectivity index (χ2v) is 8.47. The lowest BCUT2D eigenvalue weighted by molar-refractivity contribution is -0.102. The number of hydrogen-bond acceptors (Lipinski definition) is 9. The largest absolute Gasteiger partial charge is 0.485 e. The van der Waals surface area contributed by atoms with Crippen LogP contribution in [-0.2, 0) is 29.0 Å². The molecule has 3 aromatic rings. The minimum atomic E-state index is -0.321. The van der Waals surface area contributed by atoms with Crippen molar-refractivity contribution >= 4 is 0 Å². The standard InChI is InChI=1S/C23H24N4O6/c28-23-25-21(32-12-17-11-29-7-8-30-17)10-19-18-4-3-16(9-15(18)5-6-27(19)23)31-13-20-24-22(33-26-20)14-1-2-14/h3-4,9-10,14,17H,1-2,5-8,11-13H2. The number of aromatic nitrogens is 4. The molecule has 2 aliphatic heterocycles. The van der Waals surface area contributed by atoms with Crippen LogP contribution in [0.15, 0.2) is 33.6 Å². The predicted molar refractivity (Wildman–Crippen MR) is 114 cm³/mol. The Morgan fingerprint density at radius 2 is 2.06 bits per heavy atom. The molecule has 172 valence electrons. The fraction of sp³-hybridized carbons (Fsp3) is 0.478. The Labute approximate surface area is 189 Å². The maximum atomic E-state index is 12.6.